The Morgan fingerprint density at radius 3 is 2.02 bits per heavy atom. The number of carboxylic acid groups (broad SMARTS) is 1. The molecule has 4 aromatic rings. The van der Waals surface area contributed by atoms with Crippen molar-refractivity contribution in [1.82, 2.24) is 4.57 Å². The largest absolute Gasteiger partial charge is 0.481 e. The van der Waals surface area contributed by atoms with Gasteiger partial charge in [0.05, 0.1) is 29.9 Å². The number of benzene rings is 3. The highest BCUT2D eigenvalue weighted by molar-refractivity contribution is 6.51. The molecule has 0 unspecified atom stereocenters. The molecule has 0 saturated heterocycles. The van der Waals surface area contributed by atoms with E-state index in [0.29, 0.717) is 33.6 Å². The van der Waals surface area contributed by atoms with Crippen LogP contribution in [0.3, 0.4) is 0 Å². The second-order valence-corrected chi connectivity index (χ2v) is 10.7. The Hall–Kier alpha value is -4.40. The molecule has 7 nitrogen and oxygen atoms in total. The average Bonchev–Trinajstić information content (AvgIpc) is 3.31. The number of carbonyl (C=O) groups is 2. The summed E-state index contributed by atoms with van der Waals surface area (Å²) in [6.45, 7) is 4.13. The summed E-state index contributed by atoms with van der Waals surface area (Å²) in [5.74, 6) is -2.20. The van der Waals surface area contributed by atoms with Crippen molar-refractivity contribution in [3.05, 3.63) is 108 Å². The number of carbonyl (C=O) groups excluding carboxylic acids is 1. The molecular formula is C34H35FN2O5. The average molecular weight is 571 g/mol. The van der Waals surface area contributed by atoms with E-state index in [9.17, 15) is 24.2 Å². The maximum Gasteiger partial charge on any atom is 0.305 e. The zero-order valence-electron chi connectivity index (χ0n) is 23.6. The van der Waals surface area contributed by atoms with Crippen molar-refractivity contribution in [3.8, 4) is 22.4 Å². The van der Waals surface area contributed by atoms with Gasteiger partial charge in [-0.05, 0) is 54.2 Å². The maximum atomic E-state index is 14.3. The molecule has 4 N–H and O–H groups in total. The number of nitrogens with zero attached hydrogens (tertiary/aromatic N) is 1. The van der Waals surface area contributed by atoms with E-state index in [-0.39, 0.29) is 31.0 Å². The number of carboxylic acids is 1. The number of rotatable bonds is 13. The van der Waals surface area contributed by atoms with E-state index in [2.05, 4.69) is 0 Å². The number of ketones is 1. The van der Waals surface area contributed by atoms with Crippen LogP contribution >= 0.6 is 0 Å². The first-order chi connectivity index (χ1) is 20.1. The van der Waals surface area contributed by atoms with Crippen LogP contribution in [-0.4, -0.2) is 49.6 Å². The number of aromatic nitrogens is 1. The molecule has 1 aromatic heterocycles. The molecule has 0 aliphatic carbocycles. The first-order valence-electron chi connectivity index (χ1n) is 13.9. The maximum absolute atomic E-state index is 14.3. The van der Waals surface area contributed by atoms with Gasteiger partial charge < -0.3 is 19.9 Å². The Morgan fingerprint density at radius 2 is 1.45 bits per heavy atom. The van der Waals surface area contributed by atoms with Gasteiger partial charge >= 0.3 is 5.97 Å². The number of halogens is 1. The van der Waals surface area contributed by atoms with Crippen LogP contribution in [0.15, 0.2) is 84.9 Å². The van der Waals surface area contributed by atoms with Gasteiger partial charge in [-0.2, -0.15) is 0 Å². The Labute approximate surface area is 244 Å². The molecule has 0 bridgehead atoms. The summed E-state index contributed by atoms with van der Waals surface area (Å²) in [5.41, 5.74) is 4.01. The first kappa shape index (κ1) is 30.6. The molecule has 0 amide bonds. The van der Waals surface area contributed by atoms with E-state index >= 15 is 0 Å². The van der Waals surface area contributed by atoms with Crippen LogP contribution in [0.5, 0.6) is 0 Å². The number of Topliss-reactive ketones (excluding diaryl/α,β-unsaturated/α-hetero) is 1. The minimum Gasteiger partial charge on any atom is -0.481 e. The number of aliphatic hydroxyl groups is 2. The summed E-state index contributed by atoms with van der Waals surface area (Å²) in [5, 5.41) is 38.7. The number of hydrogen-bond donors (Lipinski definition) is 4. The fraction of sp³-hybridized carbons (Fsp3) is 0.265. The molecule has 3 aromatic carbocycles. The summed E-state index contributed by atoms with van der Waals surface area (Å²) in [6, 6.07) is 24.1. The van der Waals surface area contributed by atoms with Crippen molar-refractivity contribution in [2.45, 2.75) is 57.8 Å². The van der Waals surface area contributed by atoms with E-state index in [1.807, 2.05) is 54.8 Å². The van der Waals surface area contributed by atoms with Gasteiger partial charge in [0.15, 0.2) is 0 Å². The van der Waals surface area contributed by atoms with Gasteiger partial charge in [0, 0.05) is 23.4 Å². The van der Waals surface area contributed by atoms with E-state index in [0.717, 1.165) is 5.56 Å². The van der Waals surface area contributed by atoms with E-state index in [4.69, 9.17) is 10.5 Å². The van der Waals surface area contributed by atoms with E-state index < -0.39 is 36.2 Å². The zero-order chi connectivity index (χ0) is 30.4. The topological polar surface area (TPSA) is 124 Å². The molecule has 0 saturated carbocycles. The standard InChI is InChI=1S/C34H35FN2O5/c1-21(2)32-30(34(42)31(36)23-11-7-4-8-12-23)29(22-9-5-3-6-10-22)33(24-13-15-25(35)16-14-24)37(32)18-17-26(38)19-27(39)20-28(40)41/h3-16,21,26-27,36,38-39H,17-20H2,1-2H3,(H,40,41)/t26-,27-/m1/s1. The highest BCUT2D eigenvalue weighted by atomic mass is 19.1. The lowest BCUT2D eigenvalue weighted by Crippen LogP contribution is -2.22. The van der Waals surface area contributed by atoms with Crippen molar-refractivity contribution in [1.29, 1.82) is 5.41 Å². The van der Waals surface area contributed by atoms with Crippen LogP contribution in [0.4, 0.5) is 4.39 Å². The normalized spacial score (nSPS) is 12.7. The van der Waals surface area contributed by atoms with Crippen molar-refractivity contribution >= 4 is 17.5 Å². The minimum absolute atomic E-state index is 0.119. The van der Waals surface area contributed by atoms with Gasteiger partial charge in [-0.15, -0.1) is 0 Å². The van der Waals surface area contributed by atoms with Gasteiger partial charge in [-0.3, -0.25) is 15.0 Å². The molecule has 0 fully saturated rings. The van der Waals surface area contributed by atoms with Crippen LogP contribution in [0.25, 0.3) is 22.4 Å². The Kier molecular flexibility index (Phi) is 9.83. The predicted octanol–water partition coefficient (Wildman–Crippen LogP) is 6.31. The van der Waals surface area contributed by atoms with Crippen LogP contribution < -0.4 is 0 Å². The van der Waals surface area contributed by atoms with Crippen LogP contribution in [0, 0.1) is 11.2 Å². The number of hydrogen-bond acceptors (Lipinski definition) is 5. The van der Waals surface area contributed by atoms with Gasteiger partial charge in [-0.25, -0.2) is 4.39 Å². The second-order valence-electron chi connectivity index (χ2n) is 10.7. The van der Waals surface area contributed by atoms with Crippen molar-refractivity contribution < 1.29 is 29.3 Å². The molecule has 0 spiro atoms. The monoisotopic (exact) mass is 570 g/mol. The zero-order valence-corrected chi connectivity index (χ0v) is 23.6. The summed E-state index contributed by atoms with van der Waals surface area (Å²) in [7, 11) is 0. The lowest BCUT2D eigenvalue weighted by molar-refractivity contribution is -0.139. The molecule has 4 rings (SSSR count). The van der Waals surface area contributed by atoms with Crippen molar-refractivity contribution in [2.24, 2.45) is 0 Å². The smallest absolute Gasteiger partial charge is 0.305 e. The Balaban J connectivity index is 1.93. The third-order valence-corrected chi connectivity index (χ3v) is 7.19. The Bertz CT molecular complexity index is 1550. The van der Waals surface area contributed by atoms with Crippen molar-refractivity contribution in [2.75, 3.05) is 0 Å². The minimum atomic E-state index is -1.20. The molecule has 8 heteroatoms. The van der Waals surface area contributed by atoms with Gasteiger partial charge in [-0.1, -0.05) is 74.5 Å². The Morgan fingerprint density at radius 1 is 0.857 bits per heavy atom. The number of aliphatic hydroxyl groups excluding tert-OH is 2. The van der Waals surface area contributed by atoms with E-state index in [1.54, 1.807) is 36.4 Å². The van der Waals surface area contributed by atoms with Crippen molar-refractivity contribution in [3.63, 3.8) is 0 Å². The molecule has 2 atom stereocenters. The molecule has 0 radical (unpaired) electrons. The van der Waals surface area contributed by atoms with Gasteiger partial charge in [0.25, 0.3) is 0 Å². The van der Waals surface area contributed by atoms with Crippen LogP contribution in [0.2, 0.25) is 0 Å². The fourth-order valence-electron chi connectivity index (χ4n) is 5.35. The summed E-state index contributed by atoms with van der Waals surface area (Å²) >= 11 is 0. The highest BCUT2D eigenvalue weighted by Crippen LogP contribution is 2.43. The second kappa shape index (κ2) is 13.5. The summed E-state index contributed by atoms with van der Waals surface area (Å²) in [6.07, 6.45) is -2.64. The number of nitrogens with one attached hydrogen (secondary N) is 1. The molecule has 42 heavy (non-hydrogen) atoms. The summed E-state index contributed by atoms with van der Waals surface area (Å²) in [4.78, 5) is 25.3. The molecule has 0 aliphatic rings. The highest BCUT2D eigenvalue weighted by Gasteiger charge is 2.32. The van der Waals surface area contributed by atoms with Gasteiger partial charge in [0.2, 0.25) is 5.78 Å². The summed E-state index contributed by atoms with van der Waals surface area (Å²) < 4.78 is 16.0. The molecule has 1 heterocycles. The lowest BCUT2D eigenvalue weighted by Gasteiger charge is -2.20. The predicted molar refractivity (Wildman–Crippen MR) is 160 cm³/mol. The lowest BCUT2D eigenvalue weighted by atomic mass is 9.90. The molecular weight excluding hydrogens is 535 g/mol. The van der Waals surface area contributed by atoms with Crippen LogP contribution in [-0.2, 0) is 11.3 Å². The SMILES string of the molecule is CC(C)c1c(C(=O)C(=N)c2ccccc2)c(-c2ccccc2)c(-c2ccc(F)cc2)n1CC[C@@H](O)C[C@@H](O)CC(=O)O. The third kappa shape index (κ3) is 6.90. The fourth-order valence-corrected chi connectivity index (χ4v) is 5.35. The van der Waals surface area contributed by atoms with Crippen LogP contribution in [0.1, 0.15) is 60.6 Å². The molecule has 0 aliphatic heterocycles. The van der Waals surface area contributed by atoms with E-state index in [1.165, 1.54) is 12.1 Å². The quantitative estimate of drug-likeness (QED) is 0.111. The van der Waals surface area contributed by atoms with Gasteiger partial charge in [0.1, 0.15) is 11.5 Å². The first-order valence-corrected chi connectivity index (χ1v) is 13.9. The number of aliphatic carboxylic acids is 1. The third-order valence-electron chi connectivity index (χ3n) is 7.19. The molecule has 218 valence electrons.